The zero-order chi connectivity index (χ0) is 10.7. The summed E-state index contributed by atoms with van der Waals surface area (Å²) in [6, 6.07) is 0. The van der Waals surface area contributed by atoms with Crippen LogP contribution in [0.25, 0.3) is 0 Å². The standard InChI is InChI=1S/C8H11F2N3O/c1-3-13(4-2)6-5(9)8(14)12-11-7(6)10/h3-4H2,1-2H3,(H,12,14). The summed E-state index contributed by atoms with van der Waals surface area (Å²) in [7, 11) is 0. The maximum absolute atomic E-state index is 13.2. The zero-order valence-corrected chi connectivity index (χ0v) is 7.97. The van der Waals surface area contributed by atoms with Crippen LogP contribution in [-0.4, -0.2) is 23.3 Å². The molecule has 1 heterocycles. The Kier molecular flexibility index (Phi) is 3.16. The van der Waals surface area contributed by atoms with Crippen LogP contribution in [-0.2, 0) is 0 Å². The second-order valence-corrected chi connectivity index (χ2v) is 2.68. The molecule has 0 atom stereocenters. The van der Waals surface area contributed by atoms with Gasteiger partial charge >= 0.3 is 5.56 Å². The zero-order valence-electron chi connectivity index (χ0n) is 7.97. The Morgan fingerprint density at radius 3 is 2.43 bits per heavy atom. The molecule has 0 aromatic carbocycles. The lowest BCUT2D eigenvalue weighted by Crippen LogP contribution is -2.28. The molecule has 1 aromatic rings. The molecule has 0 fully saturated rings. The summed E-state index contributed by atoms with van der Waals surface area (Å²) in [5.41, 5.74) is -1.37. The second kappa shape index (κ2) is 4.17. The van der Waals surface area contributed by atoms with Crippen LogP contribution in [0, 0.1) is 11.8 Å². The van der Waals surface area contributed by atoms with E-state index in [2.05, 4.69) is 5.10 Å². The van der Waals surface area contributed by atoms with Crippen LogP contribution >= 0.6 is 0 Å². The Balaban J connectivity index is 3.30. The van der Waals surface area contributed by atoms with E-state index in [0.29, 0.717) is 13.1 Å². The van der Waals surface area contributed by atoms with Crippen molar-refractivity contribution in [3.8, 4) is 0 Å². The molecule has 0 aliphatic carbocycles. The van der Waals surface area contributed by atoms with Gasteiger partial charge in [0.1, 0.15) is 5.69 Å². The normalized spacial score (nSPS) is 10.3. The third-order valence-corrected chi connectivity index (χ3v) is 1.94. The van der Waals surface area contributed by atoms with E-state index in [4.69, 9.17) is 0 Å². The first-order valence-corrected chi connectivity index (χ1v) is 4.30. The molecule has 0 unspecified atom stereocenters. The molecule has 14 heavy (non-hydrogen) atoms. The van der Waals surface area contributed by atoms with Gasteiger partial charge in [-0.1, -0.05) is 0 Å². The average Bonchev–Trinajstić information content (AvgIpc) is 2.19. The van der Waals surface area contributed by atoms with Crippen molar-refractivity contribution >= 4 is 5.69 Å². The third-order valence-electron chi connectivity index (χ3n) is 1.94. The Morgan fingerprint density at radius 1 is 1.36 bits per heavy atom. The Labute approximate surface area is 79.6 Å². The predicted octanol–water partition coefficient (Wildman–Crippen LogP) is 0.894. The van der Waals surface area contributed by atoms with E-state index in [1.807, 2.05) is 0 Å². The molecule has 1 rings (SSSR count). The van der Waals surface area contributed by atoms with Gasteiger partial charge in [0.2, 0.25) is 5.82 Å². The molecule has 0 spiro atoms. The quantitative estimate of drug-likeness (QED) is 0.793. The van der Waals surface area contributed by atoms with Crippen LogP contribution in [0.5, 0.6) is 0 Å². The van der Waals surface area contributed by atoms with Crippen molar-refractivity contribution in [2.75, 3.05) is 18.0 Å². The van der Waals surface area contributed by atoms with Gasteiger partial charge < -0.3 is 4.90 Å². The second-order valence-electron chi connectivity index (χ2n) is 2.68. The minimum Gasteiger partial charge on any atom is -0.366 e. The molecule has 1 aromatic heterocycles. The molecule has 0 bridgehead atoms. The molecule has 78 valence electrons. The van der Waals surface area contributed by atoms with Gasteiger partial charge in [0.25, 0.3) is 5.95 Å². The summed E-state index contributed by atoms with van der Waals surface area (Å²) in [5.74, 6) is -2.12. The third kappa shape index (κ3) is 1.73. The number of H-pyrrole nitrogens is 1. The van der Waals surface area contributed by atoms with Crippen molar-refractivity contribution in [1.82, 2.24) is 10.2 Å². The molecule has 0 aliphatic heterocycles. The van der Waals surface area contributed by atoms with E-state index < -0.39 is 17.3 Å². The highest BCUT2D eigenvalue weighted by Crippen LogP contribution is 2.17. The number of halogens is 2. The first-order valence-electron chi connectivity index (χ1n) is 4.30. The summed E-state index contributed by atoms with van der Waals surface area (Å²) in [4.78, 5) is 12.2. The van der Waals surface area contributed by atoms with E-state index in [1.54, 1.807) is 18.9 Å². The summed E-state index contributed by atoms with van der Waals surface area (Å²) in [5, 5.41) is 4.80. The van der Waals surface area contributed by atoms with Crippen molar-refractivity contribution < 1.29 is 8.78 Å². The Morgan fingerprint density at radius 2 is 1.93 bits per heavy atom. The maximum atomic E-state index is 13.2. The van der Waals surface area contributed by atoms with E-state index in [0.717, 1.165) is 0 Å². The van der Waals surface area contributed by atoms with Gasteiger partial charge in [-0.05, 0) is 13.8 Å². The maximum Gasteiger partial charge on any atom is 0.302 e. The molecule has 0 saturated heterocycles. The van der Waals surface area contributed by atoms with Crippen LogP contribution in [0.3, 0.4) is 0 Å². The lowest BCUT2D eigenvalue weighted by atomic mass is 10.3. The van der Waals surface area contributed by atoms with Crippen molar-refractivity contribution in [2.45, 2.75) is 13.8 Å². The fourth-order valence-electron chi connectivity index (χ4n) is 1.21. The SMILES string of the molecule is CCN(CC)c1c(F)n[nH]c(=O)c1F. The van der Waals surface area contributed by atoms with Gasteiger partial charge in [-0.15, -0.1) is 5.10 Å². The molecule has 6 heteroatoms. The molecule has 0 radical (unpaired) electrons. The van der Waals surface area contributed by atoms with Crippen LogP contribution in [0.2, 0.25) is 0 Å². The summed E-state index contributed by atoms with van der Waals surface area (Å²) in [6.07, 6.45) is 0. The fourth-order valence-corrected chi connectivity index (χ4v) is 1.21. The van der Waals surface area contributed by atoms with Gasteiger partial charge in [0.05, 0.1) is 0 Å². The molecule has 4 nitrogen and oxygen atoms in total. The molecule has 0 aliphatic rings. The molecular formula is C8H11F2N3O. The minimum atomic E-state index is -1.12. The number of rotatable bonds is 3. The van der Waals surface area contributed by atoms with Crippen molar-refractivity contribution in [3.05, 3.63) is 22.1 Å². The lowest BCUT2D eigenvalue weighted by molar-refractivity contribution is 0.514. The average molecular weight is 203 g/mol. The largest absolute Gasteiger partial charge is 0.366 e. The molecular weight excluding hydrogens is 192 g/mol. The number of nitrogens with zero attached hydrogens (tertiary/aromatic N) is 2. The predicted molar refractivity (Wildman–Crippen MR) is 48.3 cm³/mol. The topological polar surface area (TPSA) is 49.0 Å². The monoisotopic (exact) mass is 203 g/mol. The summed E-state index contributed by atoms with van der Waals surface area (Å²) in [6.45, 7) is 4.30. The van der Waals surface area contributed by atoms with Crippen molar-refractivity contribution in [2.24, 2.45) is 0 Å². The fraction of sp³-hybridized carbons (Fsp3) is 0.500. The lowest BCUT2D eigenvalue weighted by Gasteiger charge is -2.20. The molecule has 0 amide bonds. The summed E-state index contributed by atoms with van der Waals surface area (Å²) >= 11 is 0. The van der Waals surface area contributed by atoms with Gasteiger partial charge in [0.15, 0.2) is 0 Å². The van der Waals surface area contributed by atoms with Crippen molar-refractivity contribution in [3.63, 3.8) is 0 Å². The van der Waals surface area contributed by atoms with Crippen LogP contribution in [0.1, 0.15) is 13.8 Å². The smallest absolute Gasteiger partial charge is 0.302 e. The number of nitrogens with one attached hydrogen (secondary N) is 1. The van der Waals surface area contributed by atoms with Gasteiger partial charge in [-0.3, -0.25) is 4.79 Å². The van der Waals surface area contributed by atoms with Gasteiger partial charge in [-0.25, -0.2) is 5.10 Å². The number of aromatic amines is 1. The summed E-state index contributed by atoms with van der Waals surface area (Å²) < 4.78 is 26.3. The molecule has 0 saturated carbocycles. The highest BCUT2D eigenvalue weighted by molar-refractivity contribution is 5.45. The van der Waals surface area contributed by atoms with E-state index in [-0.39, 0.29) is 5.69 Å². The van der Waals surface area contributed by atoms with E-state index in [9.17, 15) is 13.6 Å². The minimum absolute atomic E-state index is 0.362. The highest BCUT2D eigenvalue weighted by Gasteiger charge is 2.18. The number of hydrogen-bond acceptors (Lipinski definition) is 3. The van der Waals surface area contributed by atoms with Crippen LogP contribution < -0.4 is 10.5 Å². The molecule has 1 N–H and O–H groups in total. The first-order chi connectivity index (χ1) is 6.61. The Hall–Kier alpha value is -1.46. The number of aromatic nitrogens is 2. The van der Waals surface area contributed by atoms with Crippen LogP contribution in [0.4, 0.5) is 14.5 Å². The van der Waals surface area contributed by atoms with Crippen LogP contribution in [0.15, 0.2) is 4.79 Å². The van der Waals surface area contributed by atoms with E-state index >= 15 is 0 Å². The first kappa shape index (κ1) is 10.6. The number of hydrogen-bond donors (Lipinski definition) is 1. The van der Waals surface area contributed by atoms with Crippen molar-refractivity contribution in [1.29, 1.82) is 0 Å². The Bertz CT molecular complexity index is 373. The van der Waals surface area contributed by atoms with Gasteiger partial charge in [-0.2, -0.15) is 8.78 Å². The highest BCUT2D eigenvalue weighted by atomic mass is 19.1. The number of anilines is 1. The van der Waals surface area contributed by atoms with Gasteiger partial charge in [0, 0.05) is 13.1 Å². The van der Waals surface area contributed by atoms with E-state index in [1.165, 1.54) is 4.90 Å².